The van der Waals surface area contributed by atoms with Crippen LogP contribution in [0.5, 0.6) is 0 Å². The summed E-state index contributed by atoms with van der Waals surface area (Å²) in [6, 6.07) is 0. The first kappa shape index (κ1) is 23.7. The van der Waals surface area contributed by atoms with Crippen LogP contribution in [0.2, 0.25) is 0 Å². The highest BCUT2D eigenvalue weighted by Gasteiger charge is 2.83. The predicted octanol–water partition coefficient (Wildman–Crippen LogP) is 3.32. The monoisotopic (exact) mass is 490 g/mol. The van der Waals surface area contributed by atoms with E-state index in [2.05, 4.69) is 6.92 Å². The van der Waals surface area contributed by atoms with Gasteiger partial charge in [0.25, 0.3) is 0 Å². The number of hydrogen-bond donors (Lipinski definition) is 0. The number of carbonyl (C=O) groups excluding carboxylic acids is 4. The normalized spacial score (nSPS) is 48.0. The molecule has 0 radical (unpaired) electrons. The molecule has 1 spiro atoms. The van der Waals surface area contributed by atoms with Crippen molar-refractivity contribution in [3.63, 3.8) is 0 Å². The number of rotatable bonds is 4. The van der Waals surface area contributed by atoms with Gasteiger partial charge in [0.2, 0.25) is 5.78 Å². The highest BCUT2D eigenvalue weighted by atomic mass is 35.5. The molecule has 1 saturated heterocycles. The molecule has 0 N–H and O–H groups in total. The summed E-state index contributed by atoms with van der Waals surface area (Å²) >= 11 is 6.90. The van der Waals surface area contributed by atoms with Crippen molar-refractivity contribution in [2.24, 2.45) is 28.6 Å². The summed E-state index contributed by atoms with van der Waals surface area (Å²) < 4.78 is 17.6. The lowest BCUT2D eigenvalue weighted by molar-refractivity contribution is -0.193. The number of halogens is 1. The number of alkyl halides is 1. The third kappa shape index (κ3) is 2.74. The number of allylic oxidation sites excluding steroid dienone is 2. The molecule has 1 heterocycles. The summed E-state index contributed by atoms with van der Waals surface area (Å²) in [6.07, 6.45) is 6.81. The minimum Gasteiger partial charge on any atom is -0.458 e. The molecule has 4 aliphatic carbocycles. The Kier molecular flexibility index (Phi) is 5.07. The first-order chi connectivity index (χ1) is 15.8. The number of fused-ring (bicyclic) bond motifs is 3. The van der Waals surface area contributed by atoms with Crippen LogP contribution < -0.4 is 0 Å². The smallest absolute Gasteiger partial charge is 0.303 e. The van der Waals surface area contributed by atoms with Gasteiger partial charge in [-0.25, -0.2) is 0 Å². The standard InChI is InChI=1S/C26H31ClO7/c1-13-8-17-18-10-20(27)19-9-16(30)6-7-23(19,4)26(18)22(34-26)11-24(17,5)25(13,33-15(3)29)21(31)12-32-14(2)28/h6-7,9,13,17-18,20,22H,8,10-12H2,1-5H3/t13-,17+,18+,20+,22+,23+,24+,25+,26-/m1/s1. The van der Waals surface area contributed by atoms with Gasteiger partial charge < -0.3 is 14.2 Å². The first-order valence-electron chi connectivity index (χ1n) is 12.0. The lowest BCUT2D eigenvalue weighted by Crippen LogP contribution is -2.64. The van der Waals surface area contributed by atoms with E-state index < -0.39 is 46.4 Å². The van der Waals surface area contributed by atoms with Crippen LogP contribution in [0.4, 0.5) is 0 Å². The molecule has 0 aromatic rings. The van der Waals surface area contributed by atoms with Crippen molar-refractivity contribution in [3.8, 4) is 0 Å². The third-order valence-electron chi connectivity index (χ3n) is 9.59. The Bertz CT molecular complexity index is 1060. The van der Waals surface area contributed by atoms with Gasteiger partial charge in [-0.05, 0) is 55.7 Å². The predicted molar refractivity (Wildman–Crippen MR) is 122 cm³/mol. The van der Waals surface area contributed by atoms with Crippen molar-refractivity contribution >= 4 is 35.1 Å². The molecule has 0 amide bonds. The van der Waals surface area contributed by atoms with Crippen LogP contribution in [0.15, 0.2) is 23.8 Å². The SMILES string of the molecule is CC(=O)OCC(=O)[C@@]1(OC(C)=O)[C@H](C)C[C@H]2[C@@H]3C[C@H](Cl)C4=CC(=O)C=C[C@]4(C)[C@@]34O[C@H]4C[C@@]21C. The highest BCUT2D eigenvalue weighted by Crippen LogP contribution is 2.77. The summed E-state index contributed by atoms with van der Waals surface area (Å²) in [5, 5.41) is -0.336. The Labute approximate surface area is 204 Å². The van der Waals surface area contributed by atoms with Crippen LogP contribution in [-0.4, -0.2) is 52.8 Å². The molecule has 1 aliphatic heterocycles. The largest absolute Gasteiger partial charge is 0.458 e. The number of ketones is 2. The Morgan fingerprint density at radius 3 is 2.50 bits per heavy atom. The summed E-state index contributed by atoms with van der Waals surface area (Å²) in [5.41, 5.74) is -2.26. The Morgan fingerprint density at radius 1 is 1.15 bits per heavy atom. The van der Waals surface area contributed by atoms with Crippen LogP contribution >= 0.6 is 11.6 Å². The van der Waals surface area contributed by atoms with E-state index in [1.165, 1.54) is 13.8 Å². The van der Waals surface area contributed by atoms with Gasteiger partial charge in [-0.15, -0.1) is 11.6 Å². The van der Waals surface area contributed by atoms with E-state index in [1.807, 2.05) is 19.9 Å². The first-order valence-corrected chi connectivity index (χ1v) is 12.4. The topological polar surface area (TPSA) is 99.3 Å². The maximum Gasteiger partial charge on any atom is 0.303 e. The van der Waals surface area contributed by atoms with Gasteiger partial charge in [0, 0.05) is 30.6 Å². The summed E-state index contributed by atoms with van der Waals surface area (Å²) in [4.78, 5) is 49.6. The number of ether oxygens (including phenoxy) is 3. The molecule has 7 nitrogen and oxygen atoms in total. The average molecular weight is 491 g/mol. The molecular weight excluding hydrogens is 460 g/mol. The fraction of sp³-hybridized carbons (Fsp3) is 0.692. The minimum atomic E-state index is -1.42. The number of esters is 2. The number of carbonyl (C=O) groups is 4. The lowest BCUT2D eigenvalue weighted by atomic mass is 9.46. The van der Waals surface area contributed by atoms with E-state index in [0.717, 1.165) is 5.57 Å². The van der Waals surface area contributed by atoms with E-state index in [1.54, 1.807) is 12.2 Å². The van der Waals surface area contributed by atoms with Crippen molar-refractivity contribution in [2.45, 2.75) is 76.6 Å². The average Bonchev–Trinajstić information content (AvgIpc) is 3.42. The molecule has 3 saturated carbocycles. The van der Waals surface area contributed by atoms with Gasteiger partial charge in [0.1, 0.15) is 5.60 Å². The van der Waals surface area contributed by atoms with E-state index in [-0.39, 0.29) is 35.0 Å². The zero-order chi connectivity index (χ0) is 24.8. The highest BCUT2D eigenvalue weighted by molar-refractivity contribution is 6.23. The molecular formula is C26H31ClO7. The van der Waals surface area contributed by atoms with Crippen molar-refractivity contribution in [1.29, 1.82) is 0 Å². The maximum atomic E-state index is 13.7. The van der Waals surface area contributed by atoms with Gasteiger partial charge >= 0.3 is 11.9 Å². The fourth-order valence-corrected chi connectivity index (χ4v) is 8.81. The second-order valence-electron chi connectivity index (χ2n) is 11.1. The van der Waals surface area contributed by atoms with Crippen molar-refractivity contribution in [2.75, 3.05) is 6.61 Å². The lowest BCUT2D eigenvalue weighted by Gasteiger charge is -2.57. The maximum absolute atomic E-state index is 13.7. The van der Waals surface area contributed by atoms with Gasteiger partial charge in [-0.2, -0.15) is 0 Å². The van der Waals surface area contributed by atoms with Crippen LogP contribution in [0.3, 0.4) is 0 Å². The molecule has 0 aromatic heterocycles. The molecule has 34 heavy (non-hydrogen) atoms. The zero-order valence-electron chi connectivity index (χ0n) is 20.2. The van der Waals surface area contributed by atoms with E-state index in [4.69, 9.17) is 25.8 Å². The fourth-order valence-electron chi connectivity index (χ4n) is 8.33. The van der Waals surface area contributed by atoms with E-state index >= 15 is 0 Å². The molecule has 8 heteroatoms. The second-order valence-corrected chi connectivity index (χ2v) is 11.7. The summed E-state index contributed by atoms with van der Waals surface area (Å²) in [5.74, 6) is -1.82. The molecule has 0 unspecified atom stereocenters. The molecule has 0 bridgehead atoms. The Morgan fingerprint density at radius 2 is 1.85 bits per heavy atom. The van der Waals surface area contributed by atoms with Gasteiger partial charge in [-0.3, -0.25) is 19.2 Å². The van der Waals surface area contributed by atoms with E-state index in [9.17, 15) is 19.2 Å². The van der Waals surface area contributed by atoms with Crippen LogP contribution in [0, 0.1) is 28.6 Å². The zero-order valence-corrected chi connectivity index (χ0v) is 20.9. The second kappa shape index (κ2) is 7.26. The molecule has 5 aliphatic rings. The Balaban J connectivity index is 1.59. The van der Waals surface area contributed by atoms with Gasteiger partial charge in [0.15, 0.2) is 18.0 Å². The van der Waals surface area contributed by atoms with Gasteiger partial charge in [0.05, 0.1) is 11.5 Å². The molecule has 184 valence electrons. The summed E-state index contributed by atoms with van der Waals surface area (Å²) in [6.45, 7) is 8.16. The number of epoxide rings is 1. The number of hydrogen-bond acceptors (Lipinski definition) is 7. The molecule has 9 atom stereocenters. The molecule has 5 rings (SSSR count). The van der Waals surface area contributed by atoms with Crippen molar-refractivity contribution < 1.29 is 33.4 Å². The Hall–Kier alpha value is -1.99. The quantitative estimate of drug-likeness (QED) is 0.338. The summed E-state index contributed by atoms with van der Waals surface area (Å²) in [7, 11) is 0. The molecule has 0 aromatic carbocycles. The van der Waals surface area contributed by atoms with Gasteiger partial charge in [-0.1, -0.05) is 19.9 Å². The third-order valence-corrected chi connectivity index (χ3v) is 10.00. The minimum absolute atomic E-state index is 0.00692. The molecule has 4 fully saturated rings. The van der Waals surface area contributed by atoms with Crippen molar-refractivity contribution in [3.05, 3.63) is 23.8 Å². The van der Waals surface area contributed by atoms with Crippen LogP contribution in [-0.2, 0) is 33.4 Å². The van der Waals surface area contributed by atoms with E-state index in [0.29, 0.717) is 19.3 Å². The van der Waals surface area contributed by atoms with Crippen molar-refractivity contribution in [1.82, 2.24) is 0 Å². The number of Topliss-reactive ketones (excluding diaryl/α,β-unsaturated/α-hetero) is 1. The van der Waals surface area contributed by atoms with Crippen LogP contribution in [0.25, 0.3) is 0 Å². The van der Waals surface area contributed by atoms with Crippen LogP contribution in [0.1, 0.15) is 53.9 Å².